The molecule has 1 aliphatic rings. The first kappa shape index (κ1) is 13.8. The fraction of sp³-hybridized carbons (Fsp3) is 0.692. The summed E-state index contributed by atoms with van der Waals surface area (Å²) in [6, 6.07) is 0. The average Bonchev–Trinajstić information content (AvgIpc) is 2.86. The fourth-order valence-electron chi connectivity index (χ4n) is 2.16. The quantitative estimate of drug-likeness (QED) is 0.629. The first-order valence-electron chi connectivity index (χ1n) is 6.58. The number of likely N-dealkylation sites (tertiary alicyclic amines) is 1. The van der Waals surface area contributed by atoms with E-state index in [1.54, 1.807) is 11.8 Å². The van der Waals surface area contributed by atoms with Crippen molar-refractivity contribution in [2.75, 3.05) is 25.4 Å². The van der Waals surface area contributed by atoms with Crippen LogP contribution in [0.3, 0.4) is 0 Å². The number of nitrogens with zero attached hydrogens (tertiary/aromatic N) is 3. The minimum Gasteiger partial charge on any atom is -0.396 e. The van der Waals surface area contributed by atoms with Gasteiger partial charge < -0.3 is 5.11 Å². The zero-order valence-corrected chi connectivity index (χ0v) is 11.7. The minimum absolute atomic E-state index is 0.305. The molecule has 2 heterocycles. The molecule has 0 saturated carbocycles. The number of hydrogen-bond donors (Lipinski definition) is 1. The molecule has 1 atom stereocenters. The molecule has 0 amide bonds. The van der Waals surface area contributed by atoms with Crippen molar-refractivity contribution in [3.05, 3.63) is 18.0 Å². The van der Waals surface area contributed by atoms with Gasteiger partial charge in [-0.15, -0.1) is 0 Å². The van der Waals surface area contributed by atoms with Crippen LogP contribution >= 0.6 is 11.8 Å². The van der Waals surface area contributed by atoms with E-state index in [1.165, 1.54) is 0 Å². The van der Waals surface area contributed by atoms with Crippen molar-refractivity contribution in [1.29, 1.82) is 0 Å². The van der Waals surface area contributed by atoms with Crippen LogP contribution in [0.25, 0.3) is 0 Å². The van der Waals surface area contributed by atoms with Gasteiger partial charge in [-0.05, 0) is 25.3 Å². The Hall–Kier alpha value is -0.650. The van der Waals surface area contributed by atoms with E-state index in [0.29, 0.717) is 12.5 Å². The largest absolute Gasteiger partial charge is 0.396 e. The molecule has 0 aromatic carbocycles. The highest BCUT2D eigenvalue weighted by Crippen LogP contribution is 2.18. The molecule has 100 valence electrons. The van der Waals surface area contributed by atoms with E-state index < -0.39 is 0 Å². The Bertz CT molecular complexity index is 358. The number of aromatic nitrogens is 2. The zero-order chi connectivity index (χ0) is 12.8. The van der Waals surface area contributed by atoms with Crippen LogP contribution in [0.1, 0.15) is 25.3 Å². The average molecular weight is 267 g/mol. The van der Waals surface area contributed by atoms with Crippen LogP contribution in [0.2, 0.25) is 0 Å². The van der Waals surface area contributed by atoms with E-state index in [1.807, 2.05) is 12.4 Å². The standard InChI is InChI=1S/C13H21N3OS/c1-2-5-18-13-14-6-12(7-15-13)9-16-4-3-11(8-16)10-17/h6-7,11,17H,2-5,8-10H2,1H3. The van der Waals surface area contributed by atoms with Gasteiger partial charge in [0.15, 0.2) is 5.16 Å². The Labute approximate surface area is 113 Å². The lowest BCUT2D eigenvalue weighted by Gasteiger charge is -2.15. The second-order valence-corrected chi connectivity index (χ2v) is 5.86. The summed E-state index contributed by atoms with van der Waals surface area (Å²) in [6.45, 7) is 5.42. The highest BCUT2D eigenvalue weighted by Gasteiger charge is 2.21. The van der Waals surface area contributed by atoms with E-state index in [-0.39, 0.29) is 0 Å². The van der Waals surface area contributed by atoms with Gasteiger partial charge in [0.25, 0.3) is 0 Å². The van der Waals surface area contributed by atoms with Crippen molar-refractivity contribution in [3.8, 4) is 0 Å². The molecule has 4 nitrogen and oxygen atoms in total. The number of aliphatic hydroxyl groups is 1. The second kappa shape index (κ2) is 7.07. The molecule has 1 saturated heterocycles. The number of rotatable bonds is 6. The van der Waals surface area contributed by atoms with E-state index in [0.717, 1.165) is 48.9 Å². The molecular formula is C13H21N3OS. The maximum Gasteiger partial charge on any atom is 0.187 e. The molecule has 0 aliphatic carbocycles. The summed E-state index contributed by atoms with van der Waals surface area (Å²) in [5.41, 5.74) is 1.16. The Morgan fingerprint density at radius 1 is 1.44 bits per heavy atom. The summed E-state index contributed by atoms with van der Waals surface area (Å²) in [7, 11) is 0. The van der Waals surface area contributed by atoms with Crippen LogP contribution in [-0.2, 0) is 6.54 Å². The van der Waals surface area contributed by atoms with Gasteiger partial charge in [-0.1, -0.05) is 18.7 Å². The van der Waals surface area contributed by atoms with Crippen LogP contribution in [0, 0.1) is 5.92 Å². The molecule has 2 rings (SSSR count). The molecule has 1 unspecified atom stereocenters. The molecule has 18 heavy (non-hydrogen) atoms. The maximum absolute atomic E-state index is 9.11. The van der Waals surface area contributed by atoms with Gasteiger partial charge in [0.2, 0.25) is 0 Å². The molecule has 1 aromatic rings. The van der Waals surface area contributed by atoms with Crippen molar-refractivity contribution in [1.82, 2.24) is 14.9 Å². The SMILES string of the molecule is CCCSc1ncc(CN2CCC(CO)C2)cn1. The van der Waals surface area contributed by atoms with Crippen molar-refractivity contribution in [3.63, 3.8) is 0 Å². The molecule has 1 N–H and O–H groups in total. The lowest BCUT2D eigenvalue weighted by Crippen LogP contribution is -2.21. The van der Waals surface area contributed by atoms with Crippen molar-refractivity contribution in [2.45, 2.75) is 31.5 Å². The topological polar surface area (TPSA) is 49.2 Å². The Kier molecular flexibility index (Phi) is 5.41. The van der Waals surface area contributed by atoms with Gasteiger partial charge in [-0.3, -0.25) is 4.90 Å². The lowest BCUT2D eigenvalue weighted by atomic mass is 10.1. The molecule has 5 heteroatoms. The number of hydrogen-bond acceptors (Lipinski definition) is 5. The van der Waals surface area contributed by atoms with Gasteiger partial charge in [-0.2, -0.15) is 0 Å². The third-order valence-corrected chi connectivity index (χ3v) is 4.23. The summed E-state index contributed by atoms with van der Waals surface area (Å²) in [4.78, 5) is 11.1. The van der Waals surface area contributed by atoms with E-state index in [9.17, 15) is 0 Å². The van der Waals surface area contributed by atoms with Gasteiger partial charge in [0, 0.05) is 43.4 Å². The third kappa shape index (κ3) is 3.93. The summed E-state index contributed by atoms with van der Waals surface area (Å²) >= 11 is 1.71. The fourth-order valence-corrected chi connectivity index (χ4v) is 2.80. The Morgan fingerprint density at radius 2 is 2.22 bits per heavy atom. The molecular weight excluding hydrogens is 246 g/mol. The Balaban J connectivity index is 1.83. The highest BCUT2D eigenvalue weighted by molar-refractivity contribution is 7.99. The highest BCUT2D eigenvalue weighted by atomic mass is 32.2. The number of thioether (sulfide) groups is 1. The van der Waals surface area contributed by atoms with Crippen molar-refractivity contribution in [2.24, 2.45) is 5.92 Å². The smallest absolute Gasteiger partial charge is 0.187 e. The van der Waals surface area contributed by atoms with Gasteiger partial charge in [-0.25, -0.2) is 9.97 Å². The maximum atomic E-state index is 9.11. The normalized spacial score (nSPS) is 20.4. The van der Waals surface area contributed by atoms with Crippen LogP contribution in [0.4, 0.5) is 0 Å². The van der Waals surface area contributed by atoms with E-state index in [4.69, 9.17) is 5.11 Å². The predicted octanol–water partition coefficient (Wildman–Crippen LogP) is 1.79. The molecule has 0 spiro atoms. The van der Waals surface area contributed by atoms with Crippen molar-refractivity contribution >= 4 is 11.8 Å². The molecule has 1 aliphatic heterocycles. The van der Waals surface area contributed by atoms with Crippen molar-refractivity contribution < 1.29 is 5.11 Å². The predicted molar refractivity (Wildman–Crippen MR) is 73.5 cm³/mol. The van der Waals surface area contributed by atoms with Gasteiger partial charge in [0.05, 0.1) is 0 Å². The van der Waals surface area contributed by atoms with Gasteiger partial charge >= 0.3 is 0 Å². The Morgan fingerprint density at radius 3 is 2.83 bits per heavy atom. The summed E-state index contributed by atoms with van der Waals surface area (Å²) in [6.07, 6.45) is 6.10. The van der Waals surface area contributed by atoms with E-state index in [2.05, 4.69) is 21.8 Å². The first-order chi connectivity index (χ1) is 8.81. The first-order valence-corrected chi connectivity index (χ1v) is 7.57. The summed E-state index contributed by atoms with van der Waals surface area (Å²) in [5.74, 6) is 1.52. The second-order valence-electron chi connectivity index (χ2n) is 4.79. The van der Waals surface area contributed by atoms with Crippen LogP contribution in [0.15, 0.2) is 17.6 Å². The minimum atomic E-state index is 0.305. The third-order valence-electron chi connectivity index (χ3n) is 3.15. The van der Waals surface area contributed by atoms with E-state index >= 15 is 0 Å². The summed E-state index contributed by atoms with van der Waals surface area (Å²) < 4.78 is 0. The van der Waals surface area contributed by atoms with Crippen LogP contribution < -0.4 is 0 Å². The zero-order valence-electron chi connectivity index (χ0n) is 10.9. The number of aliphatic hydroxyl groups excluding tert-OH is 1. The molecule has 0 radical (unpaired) electrons. The lowest BCUT2D eigenvalue weighted by molar-refractivity contribution is 0.220. The van der Waals surface area contributed by atoms with Crippen LogP contribution in [-0.4, -0.2) is 45.4 Å². The molecule has 1 fully saturated rings. The molecule has 1 aromatic heterocycles. The summed E-state index contributed by atoms with van der Waals surface area (Å²) in [5, 5.41) is 9.99. The molecule has 0 bridgehead atoms. The monoisotopic (exact) mass is 267 g/mol. The van der Waals surface area contributed by atoms with Gasteiger partial charge in [0.1, 0.15) is 0 Å². The van der Waals surface area contributed by atoms with Crippen LogP contribution in [0.5, 0.6) is 0 Å².